The van der Waals surface area contributed by atoms with Gasteiger partial charge in [-0.1, -0.05) is 17.2 Å². The summed E-state index contributed by atoms with van der Waals surface area (Å²) in [7, 11) is 3.93. The summed E-state index contributed by atoms with van der Waals surface area (Å²) in [4.78, 5) is 13.6. The second-order valence-electron chi connectivity index (χ2n) is 4.47. The summed E-state index contributed by atoms with van der Waals surface area (Å²) < 4.78 is 1.18. The van der Waals surface area contributed by atoms with E-state index in [9.17, 15) is 4.79 Å². The Labute approximate surface area is 121 Å². The minimum Gasteiger partial charge on any atom is -0.378 e. The first-order chi connectivity index (χ1) is 10.1. The number of nitrogen functional groups attached to an aromatic ring is 1. The Kier molecular flexibility index (Phi) is 4.44. The van der Waals surface area contributed by atoms with Gasteiger partial charge < -0.3 is 10.6 Å². The fraction of sp³-hybridized carbons (Fsp3) is 0.250. The molecule has 0 aliphatic heterocycles. The maximum Gasteiger partial charge on any atom is 0.261 e. The molecule has 0 unspecified atom stereocenters. The van der Waals surface area contributed by atoms with E-state index in [1.54, 1.807) is 6.21 Å². The van der Waals surface area contributed by atoms with Gasteiger partial charge in [0.25, 0.3) is 5.91 Å². The number of carbonyl (C=O) groups is 1. The molecule has 9 heteroatoms. The second kappa shape index (κ2) is 6.46. The summed E-state index contributed by atoms with van der Waals surface area (Å²) >= 11 is 0. The molecule has 0 spiro atoms. The second-order valence-corrected chi connectivity index (χ2v) is 4.47. The molecule has 3 N–H and O–H groups in total. The first kappa shape index (κ1) is 14.4. The van der Waals surface area contributed by atoms with Gasteiger partial charge in [0.15, 0.2) is 0 Å². The molecule has 0 bridgehead atoms. The SMILES string of the molecule is CN(C)c1ccc(C=NNC(=O)Cn2nnnc2N)cc1. The normalized spacial score (nSPS) is 10.8. The van der Waals surface area contributed by atoms with Crippen LogP contribution in [0.5, 0.6) is 0 Å². The number of hydrogen-bond acceptors (Lipinski definition) is 7. The van der Waals surface area contributed by atoms with Gasteiger partial charge in [-0.3, -0.25) is 4.79 Å². The molecule has 0 saturated carbocycles. The summed E-state index contributed by atoms with van der Waals surface area (Å²) in [6.07, 6.45) is 1.56. The largest absolute Gasteiger partial charge is 0.378 e. The smallest absolute Gasteiger partial charge is 0.261 e. The lowest BCUT2D eigenvalue weighted by Crippen LogP contribution is -2.24. The Hall–Kier alpha value is -2.97. The minimum atomic E-state index is -0.366. The Morgan fingerprint density at radius 2 is 2.14 bits per heavy atom. The Morgan fingerprint density at radius 3 is 2.71 bits per heavy atom. The van der Waals surface area contributed by atoms with Gasteiger partial charge in [-0.2, -0.15) is 5.10 Å². The van der Waals surface area contributed by atoms with E-state index in [4.69, 9.17) is 5.73 Å². The van der Waals surface area contributed by atoms with Gasteiger partial charge >= 0.3 is 0 Å². The van der Waals surface area contributed by atoms with Crippen LogP contribution in [0.4, 0.5) is 11.6 Å². The van der Waals surface area contributed by atoms with E-state index in [0.717, 1.165) is 11.3 Å². The van der Waals surface area contributed by atoms with Gasteiger partial charge in [0.1, 0.15) is 6.54 Å². The van der Waals surface area contributed by atoms with Gasteiger partial charge in [0.05, 0.1) is 6.21 Å². The van der Waals surface area contributed by atoms with Crippen molar-refractivity contribution >= 4 is 23.8 Å². The Morgan fingerprint density at radius 1 is 1.43 bits per heavy atom. The predicted octanol–water partition coefficient (Wildman–Crippen LogP) is -0.528. The van der Waals surface area contributed by atoms with E-state index in [0.29, 0.717) is 0 Å². The monoisotopic (exact) mass is 288 g/mol. The summed E-state index contributed by atoms with van der Waals surface area (Å²) in [6, 6.07) is 7.74. The number of tetrazole rings is 1. The molecule has 1 amide bonds. The number of nitrogens with two attached hydrogens (primary N) is 1. The number of amides is 1. The van der Waals surface area contributed by atoms with Crippen LogP contribution in [-0.2, 0) is 11.3 Å². The first-order valence-corrected chi connectivity index (χ1v) is 6.17. The number of aromatic nitrogens is 4. The van der Waals surface area contributed by atoms with Crippen molar-refractivity contribution < 1.29 is 4.79 Å². The van der Waals surface area contributed by atoms with Gasteiger partial charge in [0.2, 0.25) is 5.95 Å². The molecule has 1 heterocycles. The zero-order chi connectivity index (χ0) is 15.2. The molecule has 1 aromatic carbocycles. The molecule has 2 rings (SSSR count). The van der Waals surface area contributed by atoms with Crippen molar-refractivity contribution in [1.29, 1.82) is 0 Å². The number of nitrogens with zero attached hydrogens (tertiary/aromatic N) is 6. The number of benzene rings is 1. The van der Waals surface area contributed by atoms with Gasteiger partial charge in [-0.25, -0.2) is 10.1 Å². The number of hydrazone groups is 1. The molecule has 0 saturated heterocycles. The van der Waals surface area contributed by atoms with Crippen molar-refractivity contribution in [3.05, 3.63) is 29.8 Å². The molecular formula is C12H16N8O. The molecule has 0 aliphatic carbocycles. The van der Waals surface area contributed by atoms with E-state index in [1.165, 1.54) is 4.68 Å². The van der Waals surface area contributed by atoms with E-state index in [2.05, 4.69) is 26.1 Å². The van der Waals surface area contributed by atoms with Crippen molar-refractivity contribution in [3.63, 3.8) is 0 Å². The van der Waals surface area contributed by atoms with Gasteiger partial charge in [-0.05, 0) is 28.1 Å². The molecule has 0 radical (unpaired) electrons. The third-order valence-electron chi connectivity index (χ3n) is 2.67. The summed E-state index contributed by atoms with van der Waals surface area (Å²) in [5.41, 5.74) is 9.80. The fourth-order valence-electron chi connectivity index (χ4n) is 1.53. The molecule has 21 heavy (non-hydrogen) atoms. The van der Waals surface area contributed by atoms with Crippen molar-refractivity contribution in [3.8, 4) is 0 Å². The topological polar surface area (TPSA) is 114 Å². The van der Waals surface area contributed by atoms with Crippen molar-refractivity contribution in [2.75, 3.05) is 24.7 Å². The summed E-state index contributed by atoms with van der Waals surface area (Å²) in [6.45, 7) is -0.0876. The molecular weight excluding hydrogens is 272 g/mol. The summed E-state index contributed by atoms with van der Waals surface area (Å²) in [5, 5.41) is 14.2. The third-order valence-corrected chi connectivity index (χ3v) is 2.67. The number of nitrogens with one attached hydrogen (secondary N) is 1. The highest BCUT2D eigenvalue weighted by atomic mass is 16.2. The lowest BCUT2D eigenvalue weighted by Gasteiger charge is -2.11. The number of carbonyl (C=O) groups excluding carboxylic acids is 1. The lowest BCUT2D eigenvalue weighted by molar-refractivity contribution is -0.121. The van der Waals surface area contributed by atoms with Crippen LogP contribution in [0.15, 0.2) is 29.4 Å². The van der Waals surface area contributed by atoms with E-state index >= 15 is 0 Å². The predicted molar refractivity (Wildman–Crippen MR) is 78.7 cm³/mol. The van der Waals surface area contributed by atoms with Crippen LogP contribution in [-0.4, -0.2) is 46.4 Å². The minimum absolute atomic E-state index is 0.0772. The zero-order valence-electron chi connectivity index (χ0n) is 11.8. The van der Waals surface area contributed by atoms with Crippen LogP contribution in [0.2, 0.25) is 0 Å². The third kappa shape index (κ3) is 4.00. The van der Waals surface area contributed by atoms with Gasteiger partial charge in [-0.15, -0.1) is 0 Å². The quantitative estimate of drug-likeness (QED) is 0.564. The van der Waals surface area contributed by atoms with Crippen LogP contribution in [0.25, 0.3) is 0 Å². The lowest BCUT2D eigenvalue weighted by atomic mass is 10.2. The number of hydrogen-bond donors (Lipinski definition) is 2. The highest BCUT2D eigenvalue weighted by molar-refractivity contribution is 5.82. The standard InChI is InChI=1S/C12H16N8O/c1-19(2)10-5-3-9(4-6-10)7-14-15-11(21)8-20-12(13)16-17-18-20/h3-7H,8H2,1-2H3,(H,15,21)(H2,13,16,18). The van der Waals surface area contributed by atoms with Crippen molar-refractivity contribution in [2.24, 2.45) is 5.10 Å². The van der Waals surface area contributed by atoms with Crippen LogP contribution in [0, 0.1) is 0 Å². The Balaban J connectivity index is 1.87. The highest BCUT2D eigenvalue weighted by Gasteiger charge is 2.06. The molecule has 110 valence electrons. The number of anilines is 2. The van der Waals surface area contributed by atoms with E-state index < -0.39 is 0 Å². The number of rotatable bonds is 5. The fourth-order valence-corrected chi connectivity index (χ4v) is 1.53. The van der Waals surface area contributed by atoms with E-state index in [1.807, 2.05) is 43.3 Å². The highest BCUT2D eigenvalue weighted by Crippen LogP contribution is 2.10. The van der Waals surface area contributed by atoms with Crippen LogP contribution in [0.3, 0.4) is 0 Å². The average molecular weight is 288 g/mol. The molecule has 1 aromatic heterocycles. The molecule has 0 fully saturated rings. The van der Waals surface area contributed by atoms with Crippen LogP contribution >= 0.6 is 0 Å². The first-order valence-electron chi connectivity index (χ1n) is 6.17. The van der Waals surface area contributed by atoms with E-state index in [-0.39, 0.29) is 18.4 Å². The average Bonchev–Trinajstić information content (AvgIpc) is 2.85. The molecule has 9 nitrogen and oxygen atoms in total. The maximum atomic E-state index is 11.6. The molecule has 0 aliphatic rings. The van der Waals surface area contributed by atoms with Crippen LogP contribution in [0.1, 0.15) is 5.56 Å². The van der Waals surface area contributed by atoms with Crippen LogP contribution < -0.4 is 16.1 Å². The maximum absolute atomic E-state index is 11.6. The van der Waals surface area contributed by atoms with Crippen molar-refractivity contribution in [1.82, 2.24) is 25.6 Å². The Bertz CT molecular complexity index is 631. The zero-order valence-corrected chi connectivity index (χ0v) is 11.8. The summed E-state index contributed by atoms with van der Waals surface area (Å²) in [5.74, 6) is -0.288. The van der Waals surface area contributed by atoms with Gasteiger partial charge in [0, 0.05) is 19.8 Å². The molecule has 2 aromatic rings. The van der Waals surface area contributed by atoms with Crippen molar-refractivity contribution in [2.45, 2.75) is 6.54 Å². The molecule has 0 atom stereocenters.